The minimum Gasteiger partial charge on any atom is -0.461 e. The molecule has 0 rings (SSSR count). The molecule has 0 aromatic rings. The van der Waals surface area contributed by atoms with Crippen LogP contribution in [-0.2, 0) is 19.1 Å². The maximum absolute atomic E-state index is 11.1. The summed E-state index contributed by atoms with van der Waals surface area (Å²) in [5.41, 5.74) is 0. The summed E-state index contributed by atoms with van der Waals surface area (Å²) < 4.78 is 9.40. The lowest BCUT2D eigenvalue weighted by atomic mass is 10.3. The molecule has 0 aromatic carbocycles. The molecule has 80 valence electrons. The molecule has 0 aromatic heterocycles. The predicted molar refractivity (Wildman–Crippen MR) is 55.1 cm³/mol. The Balaban J connectivity index is 3.50. The molecule has 0 amide bonds. The molecule has 1 unspecified atom stereocenters. The molecule has 0 radical (unpaired) electrons. The second kappa shape index (κ2) is 7.55. The first kappa shape index (κ1) is 13.2. The standard InChI is InChI=1S/C9H13BrO4/c1-3-7(10)9(12)14-6-5-13-8(11)4-2/h4,7H,2-3,5-6H2,1H3. The largest absolute Gasteiger partial charge is 0.461 e. The molecule has 0 aliphatic carbocycles. The SMILES string of the molecule is C=CC(=O)OCCOC(=O)C(Br)CC. The Morgan fingerprint density at radius 2 is 2.00 bits per heavy atom. The van der Waals surface area contributed by atoms with Crippen LogP contribution in [0.4, 0.5) is 0 Å². The number of esters is 2. The maximum atomic E-state index is 11.1. The first-order chi connectivity index (χ1) is 6.61. The van der Waals surface area contributed by atoms with Gasteiger partial charge in [0.15, 0.2) is 0 Å². The van der Waals surface area contributed by atoms with E-state index in [0.717, 1.165) is 6.08 Å². The van der Waals surface area contributed by atoms with E-state index in [-0.39, 0.29) is 24.0 Å². The van der Waals surface area contributed by atoms with Crippen LogP contribution >= 0.6 is 15.9 Å². The summed E-state index contributed by atoms with van der Waals surface area (Å²) >= 11 is 3.14. The van der Waals surface area contributed by atoms with Crippen LogP contribution in [0.5, 0.6) is 0 Å². The molecule has 0 fully saturated rings. The monoisotopic (exact) mass is 264 g/mol. The van der Waals surface area contributed by atoms with Crippen molar-refractivity contribution in [3.63, 3.8) is 0 Å². The molecule has 0 N–H and O–H groups in total. The van der Waals surface area contributed by atoms with Gasteiger partial charge in [-0.1, -0.05) is 29.4 Å². The van der Waals surface area contributed by atoms with E-state index in [0.29, 0.717) is 6.42 Å². The van der Waals surface area contributed by atoms with Crippen molar-refractivity contribution in [1.29, 1.82) is 0 Å². The highest BCUT2D eigenvalue weighted by atomic mass is 79.9. The van der Waals surface area contributed by atoms with Gasteiger partial charge in [0, 0.05) is 6.08 Å². The molecule has 0 heterocycles. The minimum atomic E-state index is -0.521. The van der Waals surface area contributed by atoms with Gasteiger partial charge < -0.3 is 9.47 Å². The van der Waals surface area contributed by atoms with E-state index in [2.05, 4.69) is 27.2 Å². The van der Waals surface area contributed by atoms with Crippen molar-refractivity contribution >= 4 is 27.9 Å². The van der Waals surface area contributed by atoms with Crippen LogP contribution in [0.1, 0.15) is 13.3 Å². The average Bonchev–Trinajstić information content (AvgIpc) is 2.22. The molecule has 14 heavy (non-hydrogen) atoms. The fourth-order valence-corrected chi connectivity index (χ4v) is 0.733. The lowest BCUT2D eigenvalue weighted by Gasteiger charge is -2.07. The van der Waals surface area contributed by atoms with E-state index >= 15 is 0 Å². The topological polar surface area (TPSA) is 52.6 Å². The van der Waals surface area contributed by atoms with Crippen molar-refractivity contribution in [1.82, 2.24) is 0 Å². The number of alkyl halides is 1. The third-order valence-corrected chi connectivity index (χ3v) is 2.37. The molecule has 0 aliphatic rings. The number of halogens is 1. The molecule has 4 nitrogen and oxygen atoms in total. The highest BCUT2D eigenvalue weighted by Crippen LogP contribution is 2.05. The molecular weight excluding hydrogens is 252 g/mol. The zero-order valence-electron chi connectivity index (χ0n) is 7.99. The number of carbonyl (C=O) groups excluding carboxylic acids is 2. The summed E-state index contributed by atoms with van der Waals surface area (Å²) in [5, 5.41) is 0. The van der Waals surface area contributed by atoms with E-state index in [4.69, 9.17) is 4.74 Å². The summed E-state index contributed by atoms with van der Waals surface area (Å²) in [6.07, 6.45) is 1.71. The van der Waals surface area contributed by atoms with Crippen LogP contribution in [0.15, 0.2) is 12.7 Å². The van der Waals surface area contributed by atoms with Crippen molar-refractivity contribution < 1.29 is 19.1 Å². The van der Waals surface area contributed by atoms with Gasteiger partial charge in [-0.15, -0.1) is 0 Å². The van der Waals surface area contributed by atoms with E-state index < -0.39 is 5.97 Å². The number of hydrogen-bond acceptors (Lipinski definition) is 4. The van der Waals surface area contributed by atoms with Crippen molar-refractivity contribution in [2.75, 3.05) is 13.2 Å². The van der Waals surface area contributed by atoms with Gasteiger partial charge in [-0.2, -0.15) is 0 Å². The third kappa shape index (κ3) is 5.75. The summed E-state index contributed by atoms with van der Waals surface area (Å²) in [4.78, 5) is 21.3. The fourth-order valence-electron chi connectivity index (χ4n) is 0.601. The predicted octanol–water partition coefficient (Wildman–Crippen LogP) is 1.43. The molecule has 1 atom stereocenters. The Morgan fingerprint density at radius 1 is 1.43 bits per heavy atom. The van der Waals surface area contributed by atoms with Gasteiger partial charge in [0.25, 0.3) is 0 Å². The molecular formula is C9H13BrO4. The molecule has 0 aliphatic heterocycles. The van der Waals surface area contributed by atoms with Crippen molar-refractivity contribution in [2.45, 2.75) is 18.2 Å². The lowest BCUT2D eigenvalue weighted by molar-refractivity contribution is -0.149. The Morgan fingerprint density at radius 3 is 2.50 bits per heavy atom. The minimum absolute atomic E-state index is 0.0556. The normalized spacial score (nSPS) is 11.6. The van der Waals surface area contributed by atoms with Gasteiger partial charge in [-0.3, -0.25) is 4.79 Å². The van der Waals surface area contributed by atoms with Crippen LogP contribution in [0, 0.1) is 0 Å². The Hall–Kier alpha value is -0.840. The second-order valence-electron chi connectivity index (χ2n) is 2.41. The van der Waals surface area contributed by atoms with Crippen LogP contribution < -0.4 is 0 Å². The van der Waals surface area contributed by atoms with E-state index in [1.807, 2.05) is 6.92 Å². The first-order valence-electron chi connectivity index (χ1n) is 4.21. The Bertz CT molecular complexity index is 215. The van der Waals surface area contributed by atoms with Gasteiger partial charge in [-0.05, 0) is 6.42 Å². The van der Waals surface area contributed by atoms with Crippen LogP contribution in [0.2, 0.25) is 0 Å². The van der Waals surface area contributed by atoms with Gasteiger partial charge in [0.05, 0.1) is 0 Å². The number of hydrogen-bond donors (Lipinski definition) is 0. The first-order valence-corrected chi connectivity index (χ1v) is 5.13. The van der Waals surface area contributed by atoms with E-state index in [9.17, 15) is 9.59 Å². The molecule has 0 saturated carbocycles. The van der Waals surface area contributed by atoms with Gasteiger partial charge >= 0.3 is 11.9 Å². The average molecular weight is 265 g/mol. The molecule has 0 spiro atoms. The third-order valence-electron chi connectivity index (χ3n) is 1.35. The zero-order valence-corrected chi connectivity index (χ0v) is 9.58. The quantitative estimate of drug-likeness (QED) is 0.315. The van der Waals surface area contributed by atoms with Crippen molar-refractivity contribution in [3.05, 3.63) is 12.7 Å². The lowest BCUT2D eigenvalue weighted by Crippen LogP contribution is -2.19. The molecule has 5 heteroatoms. The van der Waals surface area contributed by atoms with E-state index in [1.165, 1.54) is 0 Å². The fraction of sp³-hybridized carbons (Fsp3) is 0.556. The van der Waals surface area contributed by atoms with Crippen molar-refractivity contribution in [3.8, 4) is 0 Å². The summed E-state index contributed by atoms with van der Waals surface area (Å²) in [5.74, 6) is -0.867. The van der Waals surface area contributed by atoms with Gasteiger partial charge in [-0.25, -0.2) is 4.79 Å². The zero-order chi connectivity index (χ0) is 11.0. The van der Waals surface area contributed by atoms with Crippen LogP contribution in [-0.4, -0.2) is 30.0 Å². The van der Waals surface area contributed by atoms with Crippen LogP contribution in [0.25, 0.3) is 0 Å². The second-order valence-corrected chi connectivity index (χ2v) is 3.52. The van der Waals surface area contributed by atoms with Crippen molar-refractivity contribution in [2.24, 2.45) is 0 Å². The van der Waals surface area contributed by atoms with E-state index in [1.54, 1.807) is 0 Å². The molecule has 0 saturated heterocycles. The summed E-state index contributed by atoms with van der Waals surface area (Å²) in [7, 11) is 0. The summed E-state index contributed by atoms with van der Waals surface area (Å²) in [6.45, 7) is 5.21. The summed E-state index contributed by atoms with van der Waals surface area (Å²) in [6, 6.07) is 0. The maximum Gasteiger partial charge on any atom is 0.330 e. The Labute approximate surface area is 91.4 Å². The highest BCUT2D eigenvalue weighted by molar-refractivity contribution is 9.10. The van der Waals surface area contributed by atoms with Gasteiger partial charge in [0.2, 0.25) is 0 Å². The smallest absolute Gasteiger partial charge is 0.330 e. The number of carbonyl (C=O) groups is 2. The van der Waals surface area contributed by atoms with Gasteiger partial charge in [0.1, 0.15) is 18.0 Å². The molecule has 0 bridgehead atoms. The Kier molecular flexibility index (Phi) is 7.10. The highest BCUT2D eigenvalue weighted by Gasteiger charge is 2.13. The van der Waals surface area contributed by atoms with Crippen LogP contribution in [0.3, 0.4) is 0 Å². The number of ether oxygens (including phenoxy) is 2. The number of rotatable bonds is 6.